The fraction of sp³-hybridized carbons (Fsp3) is 1.00. The number of nitrogens with zero attached hydrogens (tertiary/aromatic N) is 2. The van der Waals surface area contributed by atoms with Crippen LogP contribution in [0.1, 0.15) is 47.0 Å². The van der Waals surface area contributed by atoms with Crippen LogP contribution in [0.3, 0.4) is 0 Å². The maximum atomic E-state index is 12.8. The van der Waals surface area contributed by atoms with Gasteiger partial charge in [-0.05, 0) is 32.6 Å². The van der Waals surface area contributed by atoms with Crippen LogP contribution in [-0.2, 0) is 10.2 Å². The highest BCUT2D eigenvalue weighted by atomic mass is 32.2. The zero-order chi connectivity index (χ0) is 14.6. The topological polar surface area (TPSA) is 60.9 Å². The van der Waals surface area contributed by atoms with E-state index in [1.54, 1.807) is 4.31 Å². The molecule has 1 aliphatic heterocycles. The fourth-order valence-corrected chi connectivity index (χ4v) is 4.72. The lowest BCUT2D eigenvalue weighted by Gasteiger charge is -2.39. The molecule has 1 unspecified atom stereocenters. The molecule has 1 heterocycles. The van der Waals surface area contributed by atoms with Gasteiger partial charge >= 0.3 is 0 Å². The minimum atomic E-state index is -3.47. The normalized spacial score (nSPS) is 22.6. The van der Waals surface area contributed by atoms with Gasteiger partial charge in [-0.3, -0.25) is 0 Å². The average molecular weight is 292 g/mol. The Labute approximate surface area is 117 Å². The Hall–Kier alpha value is -0.170. The van der Waals surface area contributed by atoms with Gasteiger partial charge in [0.15, 0.2) is 0 Å². The van der Waals surface area contributed by atoms with Gasteiger partial charge in [0, 0.05) is 25.2 Å². The maximum Gasteiger partial charge on any atom is 0.282 e. The van der Waals surface area contributed by atoms with E-state index in [4.69, 9.17) is 0 Å². The van der Waals surface area contributed by atoms with E-state index in [0.717, 1.165) is 19.3 Å². The van der Waals surface area contributed by atoms with Crippen molar-refractivity contribution in [3.05, 3.63) is 0 Å². The molecule has 1 saturated heterocycles. The molecular formula is C13H28N2O3S. The number of hydrogen-bond donors (Lipinski definition) is 1. The molecule has 1 rings (SSSR count). The highest BCUT2D eigenvalue weighted by Crippen LogP contribution is 2.24. The molecule has 19 heavy (non-hydrogen) atoms. The summed E-state index contributed by atoms with van der Waals surface area (Å²) in [7, 11) is -3.47. The second kappa shape index (κ2) is 7.02. The number of rotatable bonds is 6. The lowest BCUT2D eigenvalue weighted by Crippen LogP contribution is -2.54. The van der Waals surface area contributed by atoms with Crippen LogP contribution in [-0.4, -0.2) is 53.9 Å². The molecule has 1 aliphatic rings. The number of aliphatic hydroxyl groups excluding tert-OH is 1. The van der Waals surface area contributed by atoms with Crippen LogP contribution in [0, 0.1) is 5.92 Å². The van der Waals surface area contributed by atoms with Crippen molar-refractivity contribution in [1.82, 2.24) is 8.61 Å². The zero-order valence-electron chi connectivity index (χ0n) is 12.5. The molecule has 0 aromatic carbocycles. The van der Waals surface area contributed by atoms with Crippen molar-refractivity contribution in [1.29, 1.82) is 0 Å². The molecule has 6 heteroatoms. The molecule has 0 amide bonds. The first-order valence-corrected chi connectivity index (χ1v) is 8.59. The predicted molar refractivity (Wildman–Crippen MR) is 77.0 cm³/mol. The van der Waals surface area contributed by atoms with Crippen LogP contribution in [0.15, 0.2) is 0 Å². The summed E-state index contributed by atoms with van der Waals surface area (Å²) in [6, 6.07) is -0.319. The predicted octanol–water partition coefficient (Wildman–Crippen LogP) is 1.44. The van der Waals surface area contributed by atoms with Crippen LogP contribution in [0.5, 0.6) is 0 Å². The largest absolute Gasteiger partial charge is 0.395 e. The Morgan fingerprint density at radius 2 is 1.89 bits per heavy atom. The monoisotopic (exact) mass is 292 g/mol. The first-order chi connectivity index (χ1) is 8.80. The van der Waals surface area contributed by atoms with E-state index >= 15 is 0 Å². The van der Waals surface area contributed by atoms with E-state index in [-0.39, 0.29) is 24.6 Å². The average Bonchev–Trinajstić information content (AvgIpc) is 2.35. The molecule has 114 valence electrons. The molecule has 0 bridgehead atoms. The van der Waals surface area contributed by atoms with E-state index in [0.29, 0.717) is 13.1 Å². The highest BCUT2D eigenvalue weighted by molar-refractivity contribution is 7.86. The lowest BCUT2D eigenvalue weighted by atomic mass is 10.1. The van der Waals surface area contributed by atoms with Gasteiger partial charge in [0.2, 0.25) is 0 Å². The van der Waals surface area contributed by atoms with Crippen molar-refractivity contribution in [2.45, 2.75) is 59.0 Å². The van der Waals surface area contributed by atoms with Crippen LogP contribution >= 0.6 is 0 Å². The van der Waals surface area contributed by atoms with Crippen molar-refractivity contribution >= 4 is 10.2 Å². The third-order valence-electron chi connectivity index (χ3n) is 3.50. The van der Waals surface area contributed by atoms with E-state index < -0.39 is 10.2 Å². The van der Waals surface area contributed by atoms with Crippen molar-refractivity contribution < 1.29 is 13.5 Å². The second-order valence-electron chi connectivity index (χ2n) is 6.01. The molecule has 0 radical (unpaired) electrons. The quantitative estimate of drug-likeness (QED) is 0.806. The highest BCUT2D eigenvalue weighted by Gasteiger charge is 2.37. The summed E-state index contributed by atoms with van der Waals surface area (Å²) in [5, 5.41) is 9.40. The van der Waals surface area contributed by atoms with E-state index in [9.17, 15) is 13.5 Å². The molecule has 0 aliphatic carbocycles. The maximum absolute atomic E-state index is 12.8. The van der Waals surface area contributed by atoms with Gasteiger partial charge in [-0.25, -0.2) is 0 Å². The van der Waals surface area contributed by atoms with Gasteiger partial charge in [-0.15, -0.1) is 0 Å². The van der Waals surface area contributed by atoms with Gasteiger partial charge in [0.25, 0.3) is 10.2 Å². The van der Waals surface area contributed by atoms with Crippen molar-refractivity contribution in [3.8, 4) is 0 Å². The zero-order valence-corrected chi connectivity index (χ0v) is 13.4. The van der Waals surface area contributed by atoms with E-state index in [1.807, 2.05) is 27.7 Å². The van der Waals surface area contributed by atoms with E-state index in [1.165, 1.54) is 4.31 Å². The van der Waals surface area contributed by atoms with Gasteiger partial charge in [-0.1, -0.05) is 20.3 Å². The molecule has 5 nitrogen and oxygen atoms in total. The Bertz CT molecular complexity index is 360. The van der Waals surface area contributed by atoms with E-state index in [2.05, 4.69) is 0 Å². The fourth-order valence-electron chi connectivity index (χ4n) is 2.53. The summed E-state index contributed by atoms with van der Waals surface area (Å²) in [6.45, 7) is 8.79. The molecular weight excluding hydrogens is 264 g/mol. The summed E-state index contributed by atoms with van der Waals surface area (Å²) >= 11 is 0. The van der Waals surface area contributed by atoms with Crippen molar-refractivity contribution in [2.75, 3.05) is 19.7 Å². The third-order valence-corrected chi connectivity index (χ3v) is 5.73. The van der Waals surface area contributed by atoms with Gasteiger partial charge < -0.3 is 5.11 Å². The van der Waals surface area contributed by atoms with Gasteiger partial charge in [0.1, 0.15) is 0 Å². The second-order valence-corrected chi connectivity index (χ2v) is 7.84. The molecule has 0 aromatic heterocycles. The Kier molecular flexibility index (Phi) is 6.23. The molecule has 0 aromatic rings. The minimum absolute atomic E-state index is 0.0614. The van der Waals surface area contributed by atoms with Crippen LogP contribution in [0.4, 0.5) is 0 Å². The van der Waals surface area contributed by atoms with Gasteiger partial charge in [0.05, 0.1) is 6.61 Å². The molecule has 0 spiro atoms. The first-order valence-electron chi connectivity index (χ1n) is 7.20. The molecule has 1 N–H and O–H groups in total. The minimum Gasteiger partial charge on any atom is -0.395 e. The molecule has 0 saturated carbocycles. The summed E-state index contributed by atoms with van der Waals surface area (Å²) in [6.07, 6.45) is 2.62. The van der Waals surface area contributed by atoms with Crippen LogP contribution in [0.25, 0.3) is 0 Å². The molecule has 1 atom stereocenters. The van der Waals surface area contributed by atoms with Crippen molar-refractivity contribution in [3.63, 3.8) is 0 Å². The number of piperidine rings is 1. The third kappa shape index (κ3) is 4.15. The Morgan fingerprint density at radius 3 is 2.37 bits per heavy atom. The summed E-state index contributed by atoms with van der Waals surface area (Å²) < 4.78 is 28.6. The summed E-state index contributed by atoms with van der Waals surface area (Å²) in [4.78, 5) is 0. The standard InChI is InChI=1S/C13H28N2O3S/c1-11(2)9-15(12(3)4)19(17,18)14-8-6-5-7-13(14)10-16/h11-13,16H,5-10H2,1-4H3. The Morgan fingerprint density at radius 1 is 1.26 bits per heavy atom. The van der Waals surface area contributed by atoms with Crippen LogP contribution < -0.4 is 0 Å². The number of aliphatic hydroxyl groups is 1. The SMILES string of the molecule is CC(C)CN(C(C)C)S(=O)(=O)N1CCCCC1CO. The summed E-state index contributed by atoms with van der Waals surface area (Å²) in [5.41, 5.74) is 0. The first kappa shape index (κ1) is 16.9. The number of hydrogen-bond acceptors (Lipinski definition) is 3. The van der Waals surface area contributed by atoms with Gasteiger partial charge in [-0.2, -0.15) is 17.0 Å². The van der Waals surface area contributed by atoms with Crippen LogP contribution in [0.2, 0.25) is 0 Å². The van der Waals surface area contributed by atoms with Crippen molar-refractivity contribution in [2.24, 2.45) is 5.92 Å². The Balaban J connectivity index is 2.97. The summed E-state index contributed by atoms with van der Waals surface area (Å²) in [5.74, 6) is 0.287. The smallest absolute Gasteiger partial charge is 0.282 e. The molecule has 1 fully saturated rings. The lowest BCUT2D eigenvalue weighted by molar-refractivity contribution is 0.144.